The van der Waals surface area contributed by atoms with Crippen molar-refractivity contribution in [3.63, 3.8) is 0 Å². The molecule has 1 N–H and O–H groups in total. The van der Waals surface area contributed by atoms with Gasteiger partial charge in [0.25, 0.3) is 5.91 Å². The highest BCUT2D eigenvalue weighted by Crippen LogP contribution is 2.09. The van der Waals surface area contributed by atoms with Crippen LogP contribution in [0.1, 0.15) is 28.8 Å². The summed E-state index contributed by atoms with van der Waals surface area (Å²) in [6, 6.07) is 14.3. The van der Waals surface area contributed by atoms with Crippen LogP contribution < -0.4 is 5.32 Å². The summed E-state index contributed by atoms with van der Waals surface area (Å²) in [6.45, 7) is 0.450. The van der Waals surface area contributed by atoms with Crippen molar-refractivity contribution < 1.29 is 14.0 Å². The standard InChI is InChI=1S/C21H21FN4O2/c22-18-9-7-17(8-10-18)21(28)24-19(12-14-26-15-13-23-25-26)20(27)11-6-16-4-2-1-3-5-16/h1-5,7-10,13,15,19H,6,11-12,14H2,(H,24,28)/t19-/m0/s1. The van der Waals surface area contributed by atoms with E-state index in [1.165, 1.54) is 24.3 Å². The number of Topliss-reactive ketones (excluding diaryl/α,β-unsaturated/α-hetero) is 1. The third-order valence-electron chi connectivity index (χ3n) is 4.42. The van der Waals surface area contributed by atoms with Gasteiger partial charge in [-0.3, -0.25) is 14.3 Å². The molecule has 144 valence electrons. The first-order valence-electron chi connectivity index (χ1n) is 9.09. The second-order valence-corrected chi connectivity index (χ2v) is 6.44. The Morgan fingerprint density at radius 3 is 2.50 bits per heavy atom. The average Bonchev–Trinajstić information content (AvgIpc) is 3.24. The molecule has 1 aromatic heterocycles. The summed E-state index contributed by atoms with van der Waals surface area (Å²) in [5.41, 5.74) is 1.37. The third kappa shape index (κ3) is 5.57. The van der Waals surface area contributed by atoms with Gasteiger partial charge in [0, 0.05) is 24.7 Å². The number of nitrogens with one attached hydrogen (secondary N) is 1. The van der Waals surface area contributed by atoms with E-state index in [2.05, 4.69) is 15.6 Å². The predicted molar refractivity (Wildman–Crippen MR) is 102 cm³/mol. The zero-order valence-corrected chi connectivity index (χ0v) is 15.3. The molecule has 6 nitrogen and oxygen atoms in total. The quantitative estimate of drug-likeness (QED) is 0.619. The molecule has 0 fully saturated rings. The van der Waals surface area contributed by atoms with Crippen molar-refractivity contribution in [2.75, 3.05) is 0 Å². The Balaban J connectivity index is 1.65. The SMILES string of the molecule is O=C(N[C@@H](CCn1ccnn1)C(=O)CCc1ccccc1)c1ccc(F)cc1. The van der Waals surface area contributed by atoms with E-state index in [-0.39, 0.29) is 5.78 Å². The van der Waals surface area contributed by atoms with Crippen molar-refractivity contribution >= 4 is 11.7 Å². The summed E-state index contributed by atoms with van der Waals surface area (Å²) in [5.74, 6) is -0.880. The van der Waals surface area contributed by atoms with E-state index in [0.29, 0.717) is 31.4 Å². The van der Waals surface area contributed by atoms with Gasteiger partial charge < -0.3 is 5.32 Å². The molecule has 7 heteroatoms. The van der Waals surface area contributed by atoms with E-state index >= 15 is 0 Å². The van der Waals surface area contributed by atoms with Gasteiger partial charge in [0.1, 0.15) is 5.82 Å². The predicted octanol–water partition coefficient (Wildman–Crippen LogP) is 2.81. The number of hydrogen-bond acceptors (Lipinski definition) is 4. The van der Waals surface area contributed by atoms with E-state index in [4.69, 9.17) is 0 Å². The van der Waals surface area contributed by atoms with Gasteiger partial charge in [0.05, 0.1) is 12.2 Å². The maximum Gasteiger partial charge on any atom is 0.251 e. The first-order valence-corrected chi connectivity index (χ1v) is 9.09. The van der Waals surface area contributed by atoms with Crippen LogP contribution in [0.4, 0.5) is 4.39 Å². The Bertz CT molecular complexity index is 896. The summed E-state index contributed by atoms with van der Waals surface area (Å²) in [4.78, 5) is 25.3. The zero-order chi connectivity index (χ0) is 19.8. The van der Waals surface area contributed by atoms with Crippen LogP contribution in [0, 0.1) is 5.82 Å². The highest BCUT2D eigenvalue weighted by atomic mass is 19.1. The number of aryl methyl sites for hydroxylation is 2. The fourth-order valence-electron chi connectivity index (χ4n) is 2.86. The molecule has 1 atom stereocenters. The van der Waals surface area contributed by atoms with Crippen molar-refractivity contribution in [2.24, 2.45) is 0 Å². The van der Waals surface area contributed by atoms with Crippen molar-refractivity contribution in [3.8, 4) is 0 Å². The Labute approximate surface area is 162 Å². The van der Waals surface area contributed by atoms with Crippen molar-refractivity contribution in [1.82, 2.24) is 20.3 Å². The van der Waals surface area contributed by atoms with Crippen LogP contribution in [0.3, 0.4) is 0 Å². The minimum Gasteiger partial charge on any atom is -0.342 e. The summed E-state index contributed by atoms with van der Waals surface area (Å²) in [5, 5.41) is 10.4. The summed E-state index contributed by atoms with van der Waals surface area (Å²) >= 11 is 0. The van der Waals surface area contributed by atoms with Crippen molar-refractivity contribution in [3.05, 3.63) is 83.9 Å². The normalized spacial score (nSPS) is 11.8. The van der Waals surface area contributed by atoms with E-state index in [1.807, 2.05) is 30.3 Å². The van der Waals surface area contributed by atoms with Crippen LogP contribution in [0.2, 0.25) is 0 Å². The molecule has 0 spiro atoms. The number of amides is 1. The molecule has 3 aromatic rings. The van der Waals surface area contributed by atoms with Crippen LogP contribution in [0.15, 0.2) is 67.0 Å². The van der Waals surface area contributed by atoms with Crippen LogP contribution in [-0.4, -0.2) is 32.7 Å². The fraction of sp³-hybridized carbons (Fsp3) is 0.238. The molecule has 3 rings (SSSR count). The summed E-state index contributed by atoms with van der Waals surface area (Å²) < 4.78 is 14.7. The molecular weight excluding hydrogens is 359 g/mol. The van der Waals surface area contributed by atoms with E-state index in [9.17, 15) is 14.0 Å². The van der Waals surface area contributed by atoms with E-state index in [1.54, 1.807) is 17.1 Å². The molecule has 1 heterocycles. The number of benzene rings is 2. The van der Waals surface area contributed by atoms with Crippen LogP contribution in [0.5, 0.6) is 0 Å². The van der Waals surface area contributed by atoms with Crippen molar-refractivity contribution in [1.29, 1.82) is 0 Å². The Morgan fingerprint density at radius 2 is 1.82 bits per heavy atom. The van der Waals surface area contributed by atoms with Crippen LogP contribution >= 0.6 is 0 Å². The minimum absolute atomic E-state index is 0.0561. The largest absolute Gasteiger partial charge is 0.342 e. The molecule has 2 aromatic carbocycles. The number of ketones is 1. The molecule has 0 aliphatic rings. The van der Waals surface area contributed by atoms with Crippen molar-refractivity contribution in [2.45, 2.75) is 31.8 Å². The van der Waals surface area contributed by atoms with E-state index < -0.39 is 17.8 Å². The third-order valence-corrected chi connectivity index (χ3v) is 4.42. The highest BCUT2D eigenvalue weighted by Gasteiger charge is 2.21. The number of rotatable bonds is 9. The highest BCUT2D eigenvalue weighted by molar-refractivity contribution is 5.97. The molecule has 0 aliphatic carbocycles. The number of hydrogen-bond donors (Lipinski definition) is 1. The number of nitrogens with zero attached hydrogens (tertiary/aromatic N) is 3. The maximum absolute atomic E-state index is 13.1. The lowest BCUT2D eigenvalue weighted by Crippen LogP contribution is -2.41. The second-order valence-electron chi connectivity index (χ2n) is 6.44. The van der Waals surface area contributed by atoms with Gasteiger partial charge >= 0.3 is 0 Å². The topological polar surface area (TPSA) is 76.9 Å². The molecule has 0 unspecified atom stereocenters. The molecular formula is C21H21FN4O2. The number of aromatic nitrogens is 3. The molecule has 1 amide bonds. The van der Waals surface area contributed by atoms with Gasteiger partial charge in [-0.1, -0.05) is 35.5 Å². The molecule has 0 aliphatic heterocycles. The molecule has 0 saturated carbocycles. The van der Waals surface area contributed by atoms with Crippen LogP contribution in [-0.2, 0) is 17.8 Å². The smallest absolute Gasteiger partial charge is 0.251 e. The summed E-state index contributed by atoms with van der Waals surface area (Å²) in [6.07, 6.45) is 4.57. The van der Waals surface area contributed by atoms with Gasteiger partial charge in [-0.2, -0.15) is 0 Å². The van der Waals surface area contributed by atoms with Gasteiger partial charge in [-0.25, -0.2) is 4.39 Å². The minimum atomic E-state index is -0.662. The number of carbonyl (C=O) groups is 2. The molecule has 0 radical (unpaired) electrons. The lowest BCUT2D eigenvalue weighted by atomic mass is 10.0. The fourth-order valence-corrected chi connectivity index (χ4v) is 2.86. The summed E-state index contributed by atoms with van der Waals surface area (Å²) in [7, 11) is 0. The molecule has 0 bridgehead atoms. The Hall–Kier alpha value is -3.35. The van der Waals surface area contributed by atoms with Gasteiger partial charge in [0.15, 0.2) is 5.78 Å². The average molecular weight is 380 g/mol. The Morgan fingerprint density at radius 1 is 1.07 bits per heavy atom. The molecule has 28 heavy (non-hydrogen) atoms. The van der Waals surface area contributed by atoms with Crippen LogP contribution in [0.25, 0.3) is 0 Å². The monoisotopic (exact) mass is 380 g/mol. The lowest BCUT2D eigenvalue weighted by molar-refractivity contribution is -0.121. The van der Waals surface area contributed by atoms with Gasteiger partial charge in [-0.05, 0) is 42.7 Å². The number of carbonyl (C=O) groups excluding carboxylic acids is 2. The van der Waals surface area contributed by atoms with Gasteiger partial charge in [-0.15, -0.1) is 5.10 Å². The first kappa shape index (κ1) is 19.4. The lowest BCUT2D eigenvalue weighted by Gasteiger charge is -2.18. The van der Waals surface area contributed by atoms with Gasteiger partial charge in [0.2, 0.25) is 0 Å². The molecule has 0 saturated heterocycles. The first-order chi connectivity index (χ1) is 13.6. The Kier molecular flexibility index (Phi) is 6.62. The number of halogens is 1. The second kappa shape index (κ2) is 9.55. The maximum atomic E-state index is 13.1. The van der Waals surface area contributed by atoms with E-state index in [0.717, 1.165) is 5.56 Å². The zero-order valence-electron chi connectivity index (χ0n) is 15.3.